The predicted octanol–water partition coefficient (Wildman–Crippen LogP) is 4.49. The van der Waals surface area contributed by atoms with Gasteiger partial charge in [-0.2, -0.15) is 0 Å². The van der Waals surface area contributed by atoms with E-state index in [-0.39, 0.29) is 27.6 Å². The maximum atomic E-state index is 14.3. The highest BCUT2D eigenvalue weighted by molar-refractivity contribution is 7.90. The van der Waals surface area contributed by atoms with Crippen molar-refractivity contribution in [1.82, 2.24) is 5.16 Å². The molecule has 27 heavy (non-hydrogen) atoms. The molecule has 1 heterocycles. The molecule has 2 aromatic carbocycles. The predicted molar refractivity (Wildman–Crippen MR) is 96.3 cm³/mol. The molecule has 0 unspecified atom stereocenters. The number of aliphatic hydroxyl groups excluding tert-OH is 1. The molecule has 0 amide bonds. The zero-order valence-electron chi connectivity index (χ0n) is 13.6. The quantitative estimate of drug-likeness (QED) is 0.655. The molecular weight excluding hydrogens is 423 g/mol. The minimum atomic E-state index is -4.11. The Morgan fingerprint density at radius 3 is 2.22 bits per heavy atom. The highest BCUT2D eigenvalue weighted by atomic mass is 35.5. The third-order valence-electron chi connectivity index (χ3n) is 3.76. The van der Waals surface area contributed by atoms with Gasteiger partial charge in [-0.05, 0) is 29.8 Å². The SMILES string of the molecule is CS(=O)(=O)c1c(F)cc(-c2c(-c3ccc(Cl)c(Cl)c3)noc2CO)cc1F. The number of aromatic nitrogens is 1. The Morgan fingerprint density at radius 2 is 1.70 bits per heavy atom. The molecule has 0 saturated heterocycles. The number of hydrogen-bond acceptors (Lipinski definition) is 5. The van der Waals surface area contributed by atoms with E-state index in [2.05, 4.69) is 5.16 Å². The normalized spacial score (nSPS) is 11.8. The van der Waals surface area contributed by atoms with E-state index in [1.54, 1.807) is 6.07 Å². The van der Waals surface area contributed by atoms with Gasteiger partial charge >= 0.3 is 0 Å². The van der Waals surface area contributed by atoms with Crippen molar-refractivity contribution in [2.45, 2.75) is 11.5 Å². The molecule has 0 fully saturated rings. The Hall–Kier alpha value is -2.00. The molecule has 1 N–H and O–H groups in total. The molecule has 10 heteroatoms. The Balaban J connectivity index is 2.26. The average Bonchev–Trinajstić information content (AvgIpc) is 2.99. The Kier molecular flexibility index (Phi) is 5.27. The van der Waals surface area contributed by atoms with E-state index in [4.69, 9.17) is 27.7 Å². The van der Waals surface area contributed by atoms with E-state index in [0.29, 0.717) is 16.8 Å². The van der Waals surface area contributed by atoms with Crippen LogP contribution in [0.3, 0.4) is 0 Å². The van der Waals surface area contributed by atoms with E-state index in [1.807, 2.05) is 0 Å². The number of hydrogen-bond donors (Lipinski definition) is 1. The summed E-state index contributed by atoms with van der Waals surface area (Å²) in [6.45, 7) is -0.597. The molecule has 0 aliphatic rings. The van der Waals surface area contributed by atoms with Crippen LogP contribution in [-0.4, -0.2) is 24.9 Å². The van der Waals surface area contributed by atoms with E-state index >= 15 is 0 Å². The lowest BCUT2D eigenvalue weighted by atomic mass is 9.99. The lowest BCUT2D eigenvalue weighted by Crippen LogP contribution is -2.05. The molecule has 0 spiro atoms. The largest absolute Gasteiger partial charge is 0.388 e. The van der Waals surface area contributed by atoms with Crippen LogP contribution in [-0.2, 0) is 16.4 Å². The summed E-state index contributed by atoms with van der Waals surface area (Å²) in [6.07, 6.45) is 0.702. The molecule has 1 aromatic heterocycles. The van der Waals surface area contributed by atoms with Crippen molar-refractivity contribution in [3.05, 3.63) is 57.8 Å². The first-order valence-corrected chi connectivity index (χ1v) is 10.0. The van der Waals surface area contributed by atoms with Crippen molar-refractivity contribution in [3.63, 3.8) is 0 Å². The van der Waals surface area contributed by atoms with E-state index < -0.39 is 33.0 Å². The number of nitrogens with zero attached hydrogens (tertiary/aromatic N) is 1. The average molecular weight is 434 g/mol. The van der Waals surface area contributed by atoms with Crippen molar-refractivity contribution in [1.29, 1.82) is 0 Å². The minimum Gasteiger partial charge on any atom is -0.388 e. The van der Waals surface area contributed by atoms with Gasteiger partial charge in [-0.15, -0.1) is 0 Å². The van der Waals surface area contributed by atoms with Gasteiger partial charge in [0.1, 0.15) is 28.8 Å². The second-order valence-corrected chi connectivity index (χ2v) is 8.42. The number of aliphatic hydroxyl groups is 1. The third-order valence-corrected chi connectivity index (χ3v) is 5.63. The van der Waals surface area contributed by atoms with Crippen molar-refractivity contribution in [2.75, 3.05) is 6.26 Å². The molecule has 0 bridgehead atoms. The highest BCUT2D eigenvalue weighted by Gasteiger charge is 2.25. The summed E-state index contributed by atoms with van der Waals surface area (Å²) < 4.78 is 56.8. The number of sulfone groups is 1. The molecule has 3 aromatic rings. The minimum absolute atomic E-state index is 0.0521. The Bertz CT molecular complexity index is 1120. The Labute approximate surface area is 163 Å². The monoisotopic (exact) mass is 433 g/mol. The van der Waals surface area contributed by atoms with Gasteiger partial charge in [0.2, 0.25) is 0 Å². The Morgan fingerprint density at radius 1 is 1.07 bits per heavy atom. The van der Waals surface area contributed by atoms with Crippen LogP contribution in [0.25, 0.3) is 22.4 Å². The standard InChI is InChI=1S/C17H11Cl2F2NO4S/c1-27(24,25)17-12(20)5-9(6-13(17)21)15-14(7-23)26-22-16(15)8-2-3-10(18)11(19)4-8/h2-6,23H,7H2,1H3. The van der Waals surface area contributed by atoms with Gasteiger partial charge < -0.3 is 9.63 Å². The van der Waals surface area contributed by atoms with Crippen LogP contribution < -0.4 is 0 Å². The molecule has 0 aliphatic heterocycles. The van der Waals surface area contributed by atoms with Crippen LogP contribution in [0.1, 0.15) is 5.76 Å². The first-order chi connectivity index (χ1) is 12.6. The fraction of sp³-hybridized carbons (Fsp3) is 0.118. The molecule has 3 rings (SSSR count). The maximum absolute atomic E-state index is 14.3. The van der Waals surface area contributed by atoms with Gasteiger partial charge in [-0.3, -0.25) is 0 Å². The van der Waals surface area contributed by atoms with Crippen molar-refractivity contribution < 1.29 is 26.8 Å². The van der Waals surface area contributed by atoms with Gasteiger partial charge in [0.25, 0.3) is 0 Å². The lowest BCUT2D eigenvalue weighted by Gasteiger charge is -2.08. The van der Waals surface area contributed by atoms with Gasteiger partial charge in [0.15, 0.2) is 15.6 Å². The van der Waals surface area contributed by atoms with Crippen molar-refractivity contribution in [2.24, 2.45) is 0 Å². The van der Waals surface area contributed by atoms with Crippen LogP contribution in [0, 0.1) is 11.6 Å². The summed E-state index contributed by atoms with van der Waals surface area (Å²) in [5, 5.41) is 13.8. The third kappa shape index (κ3) is 3.70. The molecule has 142 valence electrons. The van der Waals surface area contributed by atoms with E-state index in [9.17, 15) is 22.3 Å². The van der Waals surface area contributed by atoms with Gasteiger partial charge in [0.05, 0.1) is 15.6 Å². The fourth-order valence-electron chi connectivity index (χ4n) is 2.63. The smallest absolute Gasteiger partial charge is 0.181 e. The molecule has 0 saturated carbocycles. The summed E-state index contributed by atoms with van der Waals surface area (Å²) in [5.41, 5.74) is 0.636. The number of benzene rings is 2. The molecular formula is C17H11Cl2F2NO4S. The zero-order chi connectivity index (χ0) is 19.9. The maximum Gasteiger partial charge on any atom is 0.181 e. The molecule has 0 aliphatic carbocycles. The van der Waals surface area contributed by atoms with Crippen molar-refractivity contribution in [3.8, 4) is 22.4 Å². The zero-order valence-corrected chi connectivity index (χ0v) is 16.0. The fourth-order valence-corrected chi connectivity index (χ4v) is 3.75. The highest BCUT2D eigenvalue weighted by Crippen LogP contribution is 2.38. The second-order valence-electron chi connectivity index (χ2n) is 5.66. The number of rotatable bonds is 4. The van der Waals surface area contributed by atoms with Crippen molar-refractivity contribution >= 4 is 33.0 Å². The molecule has 0 radical (unpaired) electrons. The van der Waals surface area contributed by atoms with E-state index in [0.717, 1.165) is 12.1 Å². The van der Waals surface area contributed by atoms with Crippen LogP contribution in [0.4, 0.5) is 8.78 Å². The number of halogens is 4. The first-order valence-electron chi connectivity index (χ1n) is 7.37. The lowest BCUT2D eigenvalue weighted by molar-refractivity contribution is 0.230. The van der Waals surface area contributed by atoms with Crippen LogP contribution >= 0.6 is 23.2 Å². The summed E-state index contributed by atoms with van der Waals surface area (Å²) in [7, 11) is -4.11. The van der Waals surface area contributed by atoms with Gasteiger partial charge in [-0.1, -0.05) is 34.4 Å². The summed E-state index contributed by atoms with van der Waals surface area (Å²) in [4.78, 5) is -1.04. The van der Waals surface area contributed by atoms with Crippen LogP contribution in [0.5, 0.6) is 0 Å². The van der Waals surface area contributed by atoms with Gasteiger partial charge in [0, 0.05) is 11.8 Å². The molecule has 5 nitrogen and oxygen atoms in total. The van der Waals surface area contributed by atoms with Crippen LogP contribution in [0.15, 0.2) is 39.8 Å². The topological polar surface area (TPSA) is 80.4 Å². The van der Waals surface area contributed by atoms with Gasteiger partial charge in [-0.25, -0.2) is 17.2 Å². The van der Waals surface area contributed by atoms with E-state index in [1.165, 1.54) is 12.1 Å². The summed E-state index contributed by atoms with van der Waals surface area (Å²) in [5.74, 6) is -2.59. The van der Waals surface area contributed by atoms with Crippen LogP contribution in [0.2, 0.25) is 10.0 Å². The first kappa shape index (κ1) is 19.8. The molecule has 0 atom stereocenters. The second kappa shape index (κ2) is 7.20. The summed E-state index contributed by atoms with van der Waals surface area (Å²) >= 11 is 11.9. The summed E-state index contributed by atoms with van der Waals surface area (Å²) in [6, 6.07) is 6.22.